The van der Waals surface area contributed by atoms with Gasteiger partial charge < -0.3 is 4.74 Å². The van der Waals surface area contributed by atoms with Crippen molar-refractivity contribution in [1.29, 1.82) is 0 Å². The Hall–Kier alpha value is -2.11. The lowest BCUT2D eigenvalue weighted by Crippen LogP contribution is -2.00. The summed E-state index contributed by atoms with van der Waals surface area (Å²) in [5, 5.41) is 11.7. The van der Waals surface area contributed by atoms with E-state index in [0.29, 0.717) is 27.5 Å². The summed E-state index contributed by atoms with van der Waals surface area (Å²) in [6.07, 6.45) is 0.593. The minimum absolute atomic E-state index is 0.0238. The van der Waals surface area contributed by atoms with Crippen molar-refractivity contribution in [3.63, 3.8) is 0 Å². The van der Waals surface area contributed by atoms with Crippen LogP contribution in [-0.4, -0.2) is 11.2 Å². The molecule has 0 aliphatic rings. The molecular formula is C14H9Cl2NO4. The van der Waals surface area contributed by atoms with Crippen LogP contribution in [-0.2, 0) is 6.61 Å². The summed E-state index contributed by atoms with van der Waals surface area (Å²) in [5.41, 5.74) is 0.792. The zero-order valence-electron chi connectivity index (χ0n) is 10.6. The number of aldehydes is 1. The Morgan fingerprint density at radius 3 is 2.52 bits per heavy atom. The van der Waals surface area contributed by atoms with Crippen LogP contribution >= 0.6 is 23.2 Å². The second kappa shape index (κ2) is 6.56. The predicted octanol–water partition coefficient (Wildman–Crippen LogP) is 4.29. The highest BCUT2D eigenvalue weighted by molar-refractivity contribution is 6.42. The maximum atomic E-state index is 10.9. The summed E-state index contributed by atoms with van der Waals surface area (Å²) in [6, 6.07) is 8.83. The van der Waals surface area contributed by atoms with Crippen LogP contribution < -0.4 is 4.74 Å². The molecule has 0 atom stereocenters. The molecular weight excluding hydrogens is 317 g/mol. The number of nitrogens with zero attached hydrogens (tertiary/aromatic N) is 1. The van der Waals surface area contributed by atoms with Crippen LogP contribution in [0.2, 0.25) is 10.0 Å². The summed E-state index contributed by atoms with van der Waals surface area (Å²) in [5.74, 6) is 0.0238. The molecule has 0 fully saturated rings. The molecule has 0 amide bonds. The molecule has 0 heterocycles. The zero-order valence-corrected chi connectivity index (χ0v) is 12.1. The maximum Gasteiger partial charge on any atom is 0.310 e. The third-order valence-electron chi connectivity index (χ3n) is 2.69. The summed E-state index contributed by atoms with van der Waals surface area (Å²) >= 11 is 11.7. The summed E-state index contributed by atoms with van der Waals surface area (Å²) in [6.45, 7) is 0.0695. The van der Waals surface area contributed by atoms with Crippen LogP contribution in [0.25, 0.3) is 0 Å². The number of nitro groups is 1. The van der Waals surface area contributed by atoms with E-state index in [4.69, 9.17) is 27.9 Å². The van der Waals surface area contributed by atoms with Gasteiger partial charge in [0.05, 0.1) is 15.0 Å². The van der Waals surface area contributed by atoms with Gasteiger partial charge in [0.25, 0.3) is 0 Å². The molecule has 0 saturated heterocycles. The van der Waals surface area contributed by atoms with Crippen LogP contribution in [0.5, 0.6) is 5.75 Å². The molecule has 7 heteroatoms. The first-order valence-electron chi connectivity index (χ1n) is 5.81. The van der Waals surface area contributed by atoms with E-state index in [1.807, 2.05) is 0 Å². The Bertz CT molecular complexity index is 703. The highest BCUT2D eigenvalue weighted by Crippen LogP contribution is 2.29. The Morgan fingerprint density at radius 2 is 1.90 bits per heavy atom. The quantitative estimate of drug-likeness (QED) is 0.467. The third kappa shape index (κ3) is 3.71. The number of carbonyl (C=O) groups is 1. The first-order chi connectivity index (χ1) is 10.0. The number of hydrogen-bond donors (Lipinski definition) is 0. The van der Waals surface area contributed by atoms with Crippen molar-refractivity contribution >= 4 is 35.2 Å². The van der Waals surface area contributed by atoms with Crippen molar-refractivity contribution in [2.75, 3.05) is 0 Å². The molecule has 0 N–H and O–H groups in total. The van der Waals surface area contributed by atoms with Gasteiger partial charge in [-0.25, -0.2) is 0 Å². The van der Waals surface area contributed by atoms with E-state index in [1.165, 1.54) is 18.2 Å². The fraction of sp³-hybridized carbons (Fsp3) is 0.0714. The molecule has 0 saturated carbocycles. The van der Waals surface area contributed by atoms with E-state index in [-0.39, 0.29) is 18.0 Å². The van der Waals surface area contributed by atoms with Crippen molar-refractivity contribution in [2.45, 2.75) is 6.61 Å². The number of hydrogen-bond acceptors (Lipinski definition) is 4. The summed E-state index contributed by atoms with van der Waals surface area (Å²) < 4.78 is 5.42. The smallest absolute Gasteiger partial charge is 0.310 e. The van der Waals surface area contributed by atoms with E-state index < -0.39 is 4.92 Å². The fourth-order valence-electron chi connectivity index (χ4n) is 1.66. The topological polar surface area (TPSA) is 69.4 Å². The first-order valence-corrected chi connectivity index (χ1v) is 6.57. The third-order valence-corrected chi connectivity index (χ3v) is 3.43. The predicted molar refractivity (Wildman–Crippen MR) is 79.3 cm³/mol. The Labute approximate surface area is 130 Å². The van der Waals surface area contributed by atoms with Gasteiger partial charge in [0.15, 0.2) is 5.75 Å². The zero-order chi connectivity index (χ0) is 15.4. The number of halogens is 2. The summed E-state index contributed by atoms with van der Waals surface area (Å²) in [4.78, 5) is 21.1. The van der Waals surface area contributed by atoms with Crippen molar-refractivity contribution in [2.24, 2.45) is 0 Å². The number of benzene rings is 2. The first kappa shape index (κ1) is 15.3. The number of nitro benzene ring substituents is 1. The van der Waals surface area contributed by atoms with E-state index in [0.717, 1.165) is 0 Å². The van der Waals surface area contributed by atoms with Gasteiger partial charge in [0.2, 0.25) is 0 Å². The van der Waals surface area contributed by atoms with Gasteiger partial charge in [0.1, 0.15) is 12.9 Å². The normalized spacial score (nSPS) is 10.2. The molecule has 21 heavy (non-hydrogen) atoms. The van der Waals surface area contributed by atoms with Gasteiger partial charge in [-0.1, -0.05) is 29.3 Å². The molecule has 0 aliphatic carbocycles. The number of carbonyl (C=O) groups excluding carboxylic acids is 1. The van der Waals surface area contributed by atoms with Gasteiger partial charge in [-0.15, -0.1) is 0 Å². The molecule has 0 radical (unpaired) electrons. The average Bonchev–Trinajstić information content (AvgIpc) is 2.48. The molecule has 2 rings (SSSR count). The Balaban J connectivity index is 2.23. The van der Waals surface area contributed by atoms with E-state index in [2.05, 4.69) is 0 Å². The van der Waals surface area contributed by atoms with Gasteiger partial charge >= 0.3 is 5.69 Å². The Morgan fingerprint density at radius 1 is 1.14 bits per heavy atom. The van der Waals surface area contributed by atoms with E-state index >= 15 is 0 Å². The lowest BCUT2D eigenvalue weighted by atomic mass is 10.2. The van der Waals surface area contributed by atoms with Crippen LogP contribution in [0, 0.1) is 10.1 Å². The van der Waals surface area contributed by atoms with Gasteiger partial charge in [0, 0.05) is 11.6 Å². The largest absolute Gasteiger partial charge is 0.482 e. The lowest BCUT2D eigenvalue weighted by molar-refractivity contribution is -0.385. The maximum absolute atomic E-state index is 10.9. The molecule has 2 aromatic carbocycles. The van der Waals surface area contributed by atoms with E-state index in [9.17, 15) is 14.9 Å². The molecule has 0 unspecified atom stereocenters. The number of rotatable bonds is 5. The molecule has 2 aromatic rings. The van der Waals surface area contributed by atoms with Crippen molar-refractivity contribution in [1.82, 2.24) is 0 Å². The van der Waals surface area contributed by atoms with Crippen molar-refractivity contribution in [3.05, 3.63) is 67.7 Å². The van der Waals surface area contributed by atoms with Crippen molar-refractivity contribution in [3.8, 4) is 5.75 Å². The minimum atomic E-state index is -0.571. The average molecular weight is 326 g/mol. The van der Waals surface area contributed by atoms with Crippen LogP contribution in [0.15, 0.2) is 36.4 Å². The van der Waals surface area contributed by atoms with Gasteiger partial charge in [-0.2, -0.15) is 0 Å². The Kier molecular flexibility index (Phi) is 4.77. The standard InChI is InChI=1S/C14H9Cl2NO4/c15-11-3-1-10(5-12(11)16)8-21-14-6-9(7-18)2-4-13(14)17(19)20/h1-7H,8H2. The van der Waals surface area contributed by atoms with Gasteiger partial charge in [-0.05, 0) is 29.8 Å². The highest BCUT2D eigenvalue weighted by Gasteiger charge is 2.15. The SMILES string of the molecule is O=Cc1ccc([N+](=O)[O-])c(OCc2ccc(Cl)c(Cl)c2)c1. The molecule has 0 spiro atoms. The monoisotopic (exact) mass is 325 g/mol. The van der Waals surface area contributed by atoms with E-state index in [1.54, 1.807) is 18.2 Å². The second-order valence-electron chi connectivity index (χ2n) is 4.14. The van der Waals surface area contributed by atoms with Crippen molar-refractivity contribution < 1.29 is 14.5 Å². The van der Waals surface area contributed by atoms with Gasteiger partial charge in [-0.3, -0.25) is 14.9 Å². The lowest BCUT2D eigenvalue weighted by Gasteiger charge is -2.08. The fourth-order valence-corrected chi connectivity index (χ4v) is 1.98. The second-order valence-corrected chi connectivity index (χ2v) is 4.95. The molecule has 5 nitrogen and oxygen atoms in total. The van der Waals surface area contributed by atoms with Crippen LogP contribution in [0.1, 0.15) is 15.9 Å². The molecule has 0 aromatic heterocycles. The molecule has 108 valence electrons. The van der Waals surface area contributed by atoms with Crippen LogP contribution in [0.4, 0.5) is 5.69 Å². The molecule has 0 aliphatic heterocycles. The minimum Gasteiger partial charge on any atom is -0.482 e. The summed E-state index contributed by atoms with van der Waals surface area (Å²) in [7, 11) is 0. The highest BCUT2D eigenvalue weighted by atomic mass is 35.5. The number of ether oxygens (including phenoxy) is 1. The van der Waals surface area contributed by atoms with Crippen LogP contribution in [0.3, 0.4) is 0 Å². The molecule has 0 bridgehead atoms.